The van der Waals surface area contributed by atoms with Crippen molar-refractivity contribution < 1.29 is 5.11 Å². The van der Waals surface area contributed by atoms with E-state index in [9.17, 15) is 0 Å². The van der Waals surface area contributed by atoms with E-state index in [1.807, 2.05) is 6.07 Å². The summed E-state index contributed by atoms with van der Waals surface area (Å²) in [4.78, 5) is 0. The van der Waals surface area contributed by atoms with Gasteiger partial charge in [0.05, 0.1) is 6.61 Å². The molecular formula is C13H15NO. The van der Waals surface area contributed by atoms with E-state index >= 15 is 0 Å². The van der Waals surface area contributed by atoms with Gasteiger partial charge in [-0.2, -0.15) is 0 Å². The Bertz CT molecular complexity index is 465. The Labute approximate surface area is 89.6 Å². The molecule has 2 nitrogen and oxygen atoms in total. The average molecular weight is 201 g/mol. The first kappa shape index (κ1) is 9.99. The summed E-state index contributed by atoms with van der Waals surface area (Å²) in [6.07, 6.45) is 0. The van der Waals surface area contributed by atoms with Crippen LogP contribution in [0.5, 0.6) is 0 Å². The summed E-state index contributed by atoms with van der Waals surface area (Å²) in [5.74, 6) is 0. The molecule has 0 aliphatic heterocycles. The number of hydrogen-bond donors (Lipinski definition) is 2. The number of fused-ring (bicyclic) bond motifs is 1. The van der Waals surface area contributed by atoms with E-state index < -0.39 is 0 Å². The number of aliphatic hydroxyl groups excluding tert-OH is 1. The van der Waals surface area contributed by atoms with E-state index in [-0.39, 0.29) is 6.61 Å². The Hall–Kier alpha value is -1.54. The standard InChI is InChI=1S/C13H15NO/c1-10-2-3-12-9-13(14-6-7-15)5-4-11(12)8-10/h2-5,8-9,14-15H,6-7H2,1H3. The van der Waals surface area contributed by atoms with Crippen molar-refractivity contribution in [2.45, 2.75) is 6.92 Å². The van der Waals surface area contributed by atoms with E-state index in [1.54, 1.807) is 0 Å². The molecule has 0 fully saturated rings. The second kappa shape index (κ2) is 4.32. The molecule has 2 rings (SSSR count). The van der Waals surface area contributed by atoms with Crippen molar-refractivity contribution in [1.82, 2.24) is 0 Å². The lowest BCUT2D eigenvalue weighted by molar-refractivity contribution is 0.311. The molecular weight excluding hydrogens is 186 g/mol. The maximum Gasteiger partial charge on any atom is 0.0604 e. The number of aryl methyl sites for hydroxylation is 1. The molecule has 0 amide bonds. The fourth-order valence-corrected chi connectivity index (χ4v) is 1.68. The normalized spacial score (nSPS) is 10.5. The lowest BCUT2D eigenvalue weighted by Crippen LogP contribution is -2.04. The van der Waals surface area contributed by atoms with E-state index in [2.05, 4.69) is 42.6 Å². The third-order valence-corrected chi connectivity index (χ3v) is 2.44. The highest BCUT2D eigenvalue weighted by Crippen LogP contribution is 2.20. The van der Waals surface area contributed by atoms with Crippen LogP contribution in [-0.2, 0) is 0 Å². The molecule has 0 heterocycles. The van der Waals surface area contributed by atoms with Gasteiger partial charge in [0.25, 0.3) is 0 Å². The zero-order valence-electron chi connectivity index (χ0n) is 8.83. The summed E-state index contributed by atoms with van der Waals surface area (Å²) in [6, 6.07) is 12.6. The summed E-state index contributed by atoms with van der Waals surface area (Å²) in [5, 5.41) is 14.3. The van der Waals surface area contributed by atoms with Crippen LogP contribution in [0.2, 0.25) is 0 Å². The van der Waals surface area contributed by atoms with E-state index in [0.29, 0.717) is 6.54 Å². The zero-order chi connectivity index (χ0) is 10.7. The SMILES string of the molecule is Cc1ccc2cc(NCCO)ccc2c1. The third-order valence-electron chi connectivity index (χ3n) is 2.44. The maximum absolute atomic E-state index is 8.71. The van der Waals surface area contributed by atoms with Gasteiger partial charge in [-0.25, -0.2) is 0 Å². The summed E-state index contributed by atoms with van der Waals surface area (Å²) in [7, 11) is 0. The largest absolute Gasteiger partial charge is 0.395 e. The third kappa shape index (κ3) is 2.28. The highest BCUT2D eigenvalue weighted by atomic mass is 16.3. The number of rotatable bonds is 3. The summed E-state index contributed by atoms with van der Waals surface area (Å²) < 4.78 is 0. The highest BCUT2D eigenvalue weighted by Gasteiger charge is 1.96. The van der Waals surface area contributed by atoms with Crippen molar-refractivity contribution in [2.75, 3.05) is 18.5 Å². The van der Waals surface area contributed by atoms with Gasteiger partial charge in [-0.15, -0.1) is 0 Å². The predicted octanol–water partition coefficient (Wildman–Crippen LogP) is 2.55. The van der Waals surface area contributed by atoms with Crippen LogP contribution < -0.4 is 5.32 Å². The fraction of sp³-hybridized carbons (Fsp3) is 0.231. The van der Waals surface area contributed by atoms with Crippen molar-refractivity contribution in [3.8, 4) is 0 Å². The molecule has 0 bridgehead atoms. The van der Waals surface area contributed by atoms with Crippen LogP contribution >= 0.6 is 0 Å². The Morgan fingerprint density at radius 2 is 1.80 bits per heavy atom. The summed E-state index contributed by atoms with van der Waals surface area (Å²) in [6.45, 7) is 2.85. The van der Waals surface area contributed by atoms with Crippen molar-refractivity contribution in [2.24, 2.45) is 0 Å². The first-order valence-corrected chi connectivity index (χ1v) is 5.15. The van der Waals surface area contributed by atoms with Gasteiger partial charge in [-0.1, -0.05) is 29.8 Å². The molecule has 0 radical (unpaired) electrons. The monoisotopic (exact) mass is 201 g/mol. The molecule has 2 aromatic rings. The molecule has 2 N–H and O–H groups in total. The Morgan fingerprint density at radius 3 is 2.60 bits per heavy atom. The van der Waals surface area contributed by atoms with Crippen LogP contribution in [-0.4, -0.2) is 18.3 Å². The van der Waals surface area contributed by atoms with Crippen LogP contribution in [0.25, 0.3) is 10.8 Å². The van der Waals surface area contributed by atoms with Gasteiger partial charge in [0, 0.05) is 12.2 Å². The highest BCUT2D eigenvalue weighted by molar-refractivity contribution is 5.86. The number of nitrogens with one attached hydrogen (secondary N) is 1. The first-order chi connectivity index (χ1) is 7.29. The molecule has 15 heavy (non-hydrogen) atoms. The van der Waals surface area contributed by atoms with Crippen molar-refractivity contribution >= 4 is 16.5 Å². The molecule has 2 heteroatoms. The minimum absolute atomic E-state index is 0.159. The van der Waals surface area contributed by atoms with Gasteiger partial charge in [0.15, 0.2) is 0 Å². The molecule has 2 aromatic carbocycles. The van der Waals surface area contributed by atoms with E-state index in [1.165, 1.54) is 16.3 Å². The Balaban J connectivity index is 2.34. The Kier molecular flexibility index (Phi) is 2.88. The number of hydrogen-bond acceptors (Lipinski definition) is 2. The molecule has 0 unspecified atom stereocenters. The smallest absolute Gasteiger partial charge is 0.0604 e. The molecule has 0 spiro atoms. The minimum atomic E-state index is 0.159. The van der Waals surface area contributed by atoms with Gasteiger partial charge in [-0.3, -0.25) is 0 Å². The van der Waals surface area contributed by atoms with Gasteiger partial charge < -0.3 is 10.4 Å². The molecule has 0 aliphatic carbocycles. The quantitative estimate of drug-likeness (QED) is 0.799. The molecule has 0 saturated heterocycles. The van der Waals surface area contributed by atoms with Crippen LogP contribution in [0.4, 0.5) is 5.69 Å². The van der Waals surface area contributed by atoms with E-state index in [4.69, 9.17) is 5.11 Å². The maximum atomic E-state index is 8.71. The average Bonchev–Trinajstić information content (AvgIpc) is 2.26. The van der Waals surface area contributed by atoms with Gasteiger partial charge in [-0.05, 0) is 29.8 Å². The molecule has 0 aliphatic rings. The van der Waals surface area contributed by atoms with Gasteiger partial charge in [0.1, 0.15) is 0 Å². The lowest BCUT2D eigenvalue weighted by atomic mass is 10.1. The van der Waals surface area contributed by atoms with Crippen molar-refractivity contribution in [3.63, 3.8) is 0 Å². The van der Waals surface area contributed by atoms with E-state index in [0.717, 1.165) is 5.69 Å². The van der Waals surface area contributed by atoms with Crippen LogP contribution in [0.3, 0.4) is 0 Å². The number of benzene rings is 2. The second-order valence-electron chi connectivity index (χ2n) is 3.72. The first-order valence-electron chi connectivity index (χ1n) is 5.15. The van der Waals surface area contributed by atoms with Gasteiger partial charge >= 0.3 is 0 Å². The lowest BCUT2D eigenvalue weighted by Gasteiger charge is -2.06. The van der Waals surface area contributed by atoms with Crippen LogP contribution in [0.1, 0.15) is 5.56 Å². The zero-order valence-corrected chi connectivity index (χ0v) is 8.83. The number of anilines is 1. The predicted molar refractivity (Wildman–Crippen MR) is 64.3 cm³/mol. The number of aliphatic hydroxyl groups is 1. The van der Waals surface area contributed by atoms with Crippen LogP contribution in [0.15, 0.2) is 36.4 Å². The second-order valence-corrected chi connectivity index (χ2v) is 3.72. The van der Waals surface area contributed by atoms with Crippen molar-refractivity contribution in [3.05, 3.63) is 42.0 Å². The summed E-state index contributed by atoms with van der Waals surface area (Å²) >= 11 is 0. The minimum Gasteiger partial charge on any atom is -0.395 e. The summed E-state index contributed by atoms with van der Waals surface area (Å²) in [5.41, 5.74) is 2.33. The molecule has 0 atom stereocenters. The molecule has 78 valence electrons. The topological polar surface area (TPSA) is 32.3 Å². The Morgan fingerprint density at radius 1 is 1.07 bits per heavy atom. The molecule has 0 aromatic heterocycles. The van der Waals surface area contributed by atoms with Crippen molar-refractivity contribution in [1.29, 1.82) is 0 Å². The van der Waals surface area contributed by atoms with Gasteiger partial charge in [0.2, 0.25) is 0 Å². The molecule has 0 saturated carbocycles. The van der Waals surface area contributed by atoms with Crippen LogP contribution in [0, 0.1) is 6.92 Å². The fourth-order valence-electron chi connectivity index (χ4n) is 1.68.